The lowest BCUT2D eigenvalue weighted by atomic mass is 9.70. The van der Waals surface area contributed by atoms with Crippen LogP contribution in [-0.2, 0) is 5.41 Å². The van der Waals surface area contributed by atoms with Gasteiger partial charge in [0.25, 0.3) is 0 Å². The molecule has 0 fully saturated rings. The Hall–Kier alpha value is -7.94. The maximum absolute atomic E-state index is 6.94. The molecule has 0 amide bonds. The summed E-state index contributed by atoms with van der Waals surface area (Å²) in [5.41, 5.74) is 19.7. The zero-order valence-corrected chi connectivity index (χ0v) is 33.2. The summed E-state index contributed by atoms with van der Waals surface area (Å²) in [6, 6.07) is 82.1. The van der Waals surface area contributed by atoms with E-state index in [1.165, 1.54) is 72.0 Å². The van der Waals surface area contributed by atoms with Crippen molar-refractivity contribution in [2.24, 2.45) is 0 Å². The normalized spacial score (nSPS) is 13.0. The Kier molecular flexibility index (Phi) is 7.26. The lowest BCUT2D eigenvalue weighted by molar-refractivity contribution is 0.669. The van der Waals surface area contributed by atoms with Gasteiger partial charge in [-0.05, 0) is 108 Å². The van der Waals surface area contributed by atoms with Gasteiger partial charge in [0.15, 0.2) is 0 Å². The van der Waals surface area contributed by atoms with Crippen molar-refractivity contribution < 1.29 is 4.42 Å². The van der Waals surface area contributed by atoms with E-state index in [2.05, 4.69) is 229 Å². The Bertz CT molecular complexity index is 3480. The molecule has 0 aliphatic heterocycles. The van der Waals surface area contributed by atoms with E-state index in [4.69, 9.17) is 4.42 Å². The Morgan fingerprint density at radius 2 is 0.852 bits per heavy atom. The van der Waals surface area contributed by atoms with E-state index in [1.807, 2.05) is 0 Å². The third-order valence-electron chi connectivity index (χ3n) is 13.3. The SMILES string of the molecule is c1ccc(-c2ccc(N(c3cccc4c3-c3ccccc3C43c4ccccc4-c4ccccc43)c3cccc4oc5cc(-c6ccccc6)c6ccccc6c5c34)cc2)cc1. The second kappa shape index (κ2) is 13.0. The Morgan fingerprint density at radius 3 is 1.56 bits per heavy atom. The maximum atomic E-state index is 6.94. The van der Waals surface area contributed by atoms with E-state index in [9.17, 15) is 0 Å². The first-order valence-corrected chi connectivity index (χ1v) is 21.1. The van der Waals surface area contributed by atoms with Gasteiger partial charge in [0, 0.05) is 16.6 Å². The standard InChI is InChI=1S/C59H37NO/c1-3-17-38(18-4-1)39-33-35-41(36-34-39)60(53-31-16-32-54-58(53)57-45-24-8-7-21-42(45)47(37-55(57)61-54)40-19-5-2-6-20-40)52-30-15-29-51-56(52)46-25-11-14-28-50(46)59(51)48-26-12-9-22-43(48)44-23-10-13-27-49(44)59/h1-37H. The molecule has 1 spiro atoms. The molecule has 13 rings (SSSR count). The van der Waals surface area contributed by atoms with Gasteiger partial charge in [0.05, 0.1) is 22.2 Å². The third kappa shape index (κ3) is 4.73. The molecular formula is C59H37NO. The minimum absolute atomic E-state index is 0.462. The summed E-state index contributed by atoms with van der Waals surface area (Å²) in [6.45, 7) is 0. The van der Waals surface area contributed by atoms with Gasteiger partial charge in [-0.2, -0.15) is 0 Å². The van der Waals surface area contributed by atoms with Crippen molar-refractivity contribution in [3.8, 4) is 44.5 Å². The summed E-state index contributed by atoms with van der Waals surface area (Å²) in [6.07, 6.45) is 0. The molecule has 2 aliphatic rings. The molecule has 0 bridgehead atoms. The molecule has 0 radical (unpaired) electrons. The van der Waals surface area contributed by atoms with Crippen LogP contribution in [0.15, 0.2) is 229 Å². The molecule has 10 aromatic carbocycles. The first-order chi connectivity index (χ1) is 30.3. The van der Waals surface area contributed by atoms with Crippen LogP contribution in [0.2, 0.25) is 0 Å². The molecule has 1 aromatic heterocycles. The lowest BCUT2D eigenvalue weighted by Gasteiger charge is -2.32. The smallest absolute Gasteiger partial charge is 0.137 e. The topological polar surface area (TPSA) is 16.4 Å². The van der Waals surface area contributed by atoms with Crippen molar-refractivity contribution in [2.75, 3.05) is 4.90 Å². The van der Waals surface area contributed by atoms with Gasteiger partial charge in [-0.25, -0.2) is 0 Å². The van der Waals surface area contributed by atoms with Crippen LogP contribution >= 0.6 is 0 Å². The molecule has 2 heteroatoms. The number of hydrogen-bond acceptors (Lipinski definition) is 2. The third-order valence-corrected chi connectivity index (χ3v) is 13.3. The average molecular weight is 776 g/mol. The number of nitrogens with zero attached hydrogens (tertiary/aromatic N) is 1. The molecule has 0 saturated carbocycles. The van der Waals surface area contributed by atoms with Crippen LogP contribution in [-0.4, -0.2) is 0 Å². The van der Waals surface area contributed by atoms with Gasteiger partial charge in [-0.3, -0.25) is 0 Å². The quantitative estimate of drug-likeness (QED) is 0.173. The second-order valence-electron chi connectivity index (χ2n) is 16.3. The zero-order chi connectivity index (χ0) is 40.1. The monoisotopic (exact) mass is 775 g/mol. The lowest BCUT2D eigenvalue weighted by Crippen LogP contribution is -2.26. The fraction of sp³-hybridized carbons (Fsp3) is 0.0169. The fourth-order valence-corrected chi connectivity index (χ4v) is 10.9. The van der Waals surface area contributed by atoms with E-state index in [1.54, 1.807) is 0 Å². The van der Waals surface area contributed by atoms with Crippen molar-refractivity contribution in [1.29, 1.82) is 0 Å². The van der Waals surface area contributed by atoms with Crippen molar-refractivity contribution in [3.63, 3.8) is 0 Å². The van der Waals surface area contributed by atoms with Crippen molar-refractivity contribution in [3.05, 3.63) is 247 Å². The molecule has 0 atom stereocenters. The van der Waals surface area contributed by atoms with Gasteiger partial charge in [-0.15, -0.1) is 0 Å². The number of hydrogen-bond donors (Lipinski definition) is 0. The summed E-state index contributed by atoms with van der Waals surface area (Å²) in [7, 11) is 0. The van der Waals surface area contributed by atoms with Crippen LogP contribution in [0.4, 0.5) is 17.1 Å². The first-order valence-electron chi connectivity index (χ1n) is 21.1. The highest BCUT2D eigenvalue weighted by Gasteiger charge is 2.52. The van der Waals surface area contributed by atoms with Crippen LogP contribution in [0.1, 0.15) is 22.3 Å². The molecule has 11 aromatic rings. The van der Waals surface area contributed by atoms with Crippen LogP contribution < -0.4 is 4.90 Å². The number of furan rings is 1. The summed E-state index contributed by atoms with van der Waals surface area (Å²) in [5, 5.41) is 4.59. The highest BCUT2D eigenvalue weighted by Crippen LogP contribution is 2.65. The first kappa shape index (κ1) is 34.0. The predicted molar refractivity (Wildman–Crippen MR) is 253 cm³/mol. The van der Waals surface area contributed by atoms with Crippen LogP contribution in [0.25, 0.3) is 77.2 Å². The van der Waals surface area contributed by atoms with E-state index in [0.717, 1.165) is 44.6 Å². The Balaban J connectivity index is 1.13. The molecule has 1 heterocycles. The summed E-state index contributed by atoms with van der Waals surface area (Å²) in [5.74, 6) is 0. The second-order valence-corrected chi connectivity index (χ2v) is 16.3. The highest BCUT2D eigenvalue weighted by molar-refractivity contribution is 6.26. The molecular weight excluding hydrogens is 739 g/mol. The van der Waals surface area contributed by atoms with Gasteiger partial charge in [-0.1, -0.05) is 188 Å². The van der Waals surface area contributed by atoms with Crippen molar-refractivity contribution in [2.45, 2.75) is 5.41 Å². The number of rotatable bonds is 5. The minimum Gasteiger partial charge on any atom is -0.456 e. The van der Waals surface area contributed by atoms with Gasteiger partial charge in [0.2, 0.25) is 0 Å². The molecule has 2 nitrogen and oxygen atoms in total. The molecule has 2 aliphatic carbocycles. The van der Waals surface area contributed by atoms with Crippen molar-refractivity contribution in [1.82, 2.24) is 0 Å². The number of benzene rings is 10. The van der Waals surface area contributed by atoms with Crippen LogP contribution in [0.5, 0.6) is 0 Å². The highest BCUT2D eigenvalue weighted by atomic mass is 16.3. The van der Waals surface area contributed by atoms with Crippen LogP contribution in [0.3, 0.4) is 0 Å². The molecule has 284 valence electrons. The van der Waals surface area contributed by atoms with E-state index < -0.39 is 5.41 Å². The maximum Gasteiger partial charge on any atom is 0.137 e. The Labute approximate surface area is 354 Å². The molecule has 61 heavy (non-hydrogen) atoms. The predicted octanol–water partition coefficient (Wildman–Crippen LogP) is 15.9. The average Bonchev–Trinajstić information content (AvgIpc) is 3.97. The zero-order valence-electron chi connectivity index (χ0n) is 33.2. The molecule has 0 unspecified atom stereocenters. The van der Waals surface area contributed by atoms with Gasteiger partial charge >= 0.3 is 0 Å². The summed E-state index contributed by atoms with van der Waals surface area (Å²) >= 11 is 0. The molecule has 0 N–H and O–H groups in total. The van der Waals surface area contributed by atoms with E-state index in [0.29, 0.717) is 0 Å². The van der Waals surface area contributed by atoms with Crippen LogP contribution in [0, 0.1) is 0 Å². The van der Waals surface area contributed by atoms with Gasteiger partial charge < -0.3 is 9.32 Å². The largest absolute Gasteiger partial charge is 0.456 e. The fourth-order valence-electron chi connectivity index (χ4n) is 10.9. The van der Waals surface area contributed by atoms with Gasteiger partial charge in [0.1, 0.15) is 11.2 Å². The Morgan fingerprint density at radius 1 is 0.328 bits per heavy atom. The molecule has 0 saturated heterocycles. The summed E-state index contributed by atoms with van der Waals surface area (Å²) in [4.78, 5) is 2.49. The number of anilines is 3. The summed E-state index contributed by atoms with van der Waals surface area (Å²) < 4.78 is 6.94. The number of fused-ring (bicyclic) bond motifs is 15. The van der Waals surface area contributed by atoms with E-state index in [-0.39, 0.29) is 0 Å². The van der Waals surface area contributed by atoms with E-state index >= 15 is 0 Å². The van der Waals surface area contributed by atoms with Crippen molar-refractivity contribution >= 4 is 49.8 Å². The minimum atomic E-state index is -0.462.